The van der Waals surface area contributed by atoms with E-state index in [1.807, 2.05) is 22.9 Å². The third-order valence-corrected chi connectivity index (χ3v) is 1.41. The molecule has 0 bridgehead atoms. The summed E-state index contributed by atoms with van der Waals surface area (Å²) < 4.78 is 7.08. The van der Waals surface area contributed by atoms with E-state index in [1.165, 1.54) is 5.69 Å². The van der Waals surface area contributed by atoms with Gasteiger partial charge in [0.25, 0.3) is 0 Å². The molecule has 1 aromatic rings. The first-order chi connectivity index (χ1) is 4.47. The van der Waals surface area contributed by atoms with Gasteiger partial charge in [-0.15, -0.1) is 0 Å². The van der Waals surface area contributed by atoms with Crippen molar-refractivity contribution in [2.24, 2.45) is 0 Å². The van der Waals surface area contributed by atoms with Gasteiger partial charge in [0, 0.05) is 11.9 Å². The molecule has 2 heterocycles. The summed E-state index contributed by atoms with van der Waals surface area (Å²) in [5.74, 6) is 0. The Morgan fingerprint density at radius 1 is 1.56 bits per heavy atom. The fourth-order valence-electron chi connectivity index (χ4n) is 0.937. The Hall–Kier alpha value is -1.18. The van der Waals surface area contributed by atoms with Crippen molar-refractivity contribution in [2.75, 3.05) is 0 Å². The molecule has 1 aromatic heterocycles. The zero-order valence-corrected chi connectivity index (χ0v) is 4.95. The van der Waals surface area contributed by atoms with Crippen molar-refractivity contribution in [1.29, 1.82) is 0 Å². The first-order valence-electron chi connectivity index (χ1n) is 2.90. The lowest BCUT2D eigenvalue weighted by Gasteiger charge is -2.09. The number of nitrogens with zero attached hydrogens (tertiary/aromatic N) is 1. The number of hydrogen-bond acceptors (Lipinski definition) is 1. The molecule has 0 fully saturated rings. The summed E-state index contributed by atoms with van der Waals surface area (Å²) in [6.07, 6.45) is 5.66. The molecule has 0 spiro atoms. The van der Waals surface area contributed by atoms with Crippen molar-refractivity contribution in [2.45, 2.75) is 6.73 Å². The minimum absolute atomic E-state index is 0.652. The molecule has 1 aliphatic heterocycles. The standard InChI is InChI=1S/C7H7NO/c1-2-7-3-5-9-6-8(7)4-1/h1-5H,6H2. The van der Waals surface area contributed by atoms with Crippen molar-refractivity contribution in [3.8, 4) is 0 Å². The van der Waals surface area contributed by atoms with Crippen LogP contribution in [0.2, 0.25) is 0 Å². The third-order valence-electron chi connectivity index (χ3n) is 1.41. The Kier molecular flexibility index (Phi) is 0.859. The molecule has 0 saturated heterocycles. The zero-order valence-electron chi connectivity index (χ0n) is 4.95. The van der Waals surface area contributed by atoms with Gasteiger partial charge in [-0.2, -0.15) is 0 Å². The maximum absolute atomic E-state index is 5.04. The van der Waals surface area contributed by atoms with Crippen molar-refractivity contribution in [1.82, 2.24) is 4.57 Å². The Morgan fingerprint density at radius 2 is 2.56 bits per heavy atom. The molecule has 0 amide bonds. The molecule has 0 aromatic carbocycles. The molecule has 2 heteroatoms. The van der Waals surface area contributed by atoms with Crippen molar-refractivity contribution in [3.05, 3.63) is 30.3 Å². The van der Waals surface area contributed by atoms with Crippen molar-refractivity contribution < 1.29 is 4.74 Å². The minimum Gasteiger partial charge on any atom is -0.480 e. The molecule has 2 nitrogen and oxygen atoms in total. The van der Waals surface area contributed by atoms with E-state index >= 15 is 0 Å². The van der Waals surface area contributed by atoms with Crippen LogP contribution in [0.1, 0.15) is 5.69 Å². The summed E-state index contributed by atoms with van der Waals surface area (Å²) >= 11 is 0. The largest absolute Gasteiger partial charge is 0.480 e. The second kappa shape index (κ2) is 1.65. The molecule has 0 saturated carbocycles. The highest BCUT2D eigenvalue weighted by molar-refractivity contribution is 5.44. The summed E-state index contributed by atoms with van der Waals surface area (Å²) in [5, 5.41) is 0. The maximum Gasteiger partial charge on any atom is 0.164 e. The summed E-state index contributed by atoms with van der Waals surface area (Å²) in [5.41, 5.74) is 1.21. The lowest BCUT2D eigenvalue weighted by atomic mass is 10.4. The summed E-state index contributed by atoms with van der Waals surface area (Å²) in [7, 11) is 0. The number of hydrogen-bond donors (Lipinski definition) is 0. The molecule has 46 valence electrons. The van der Waals surface area contributed by atoms with Crippen LogP contribution in [0, 0.1) is 0 Å². The van der Waals surface area contributed by atoms with Crippen LogP contribution >= 0.6 is 0 Å². The predicted molar refractivity (Wildman–Crippen MR) is 34.6 cm³/mol. The molecule has 0 N–H and O–H groups in total. The molecule has 0 atom stereocenters. The van der Waals surface area contributed by atoms with Gasteiger partial charge in [0.2, 0.25) is 0 Å². The van der Waals surface area contributed by atoms with Gasteiger partial charge >= 0.3 is 0 Å². The number of rotatable bonds is 0. The van der Waals surface area contributed by atoms with Crippen LogP contribution in [0.3, 0.4) is 0 Å². The molecule has 0 unspecified atom stereocenters. The van der Waals surface area contributed by atoms with E-state index in [0.29, 0.717) is 6.73 Å². The molecule has 2 rings (SSSR count). The van der Waals surface area contributed by atoms with E-state index in [1.54, 1.807) is 6.26 Å². The lowest BCUT2D eigenvalue weighted by molar-refractivity contribution is 0.170. The lowest BCUT2D eigenvalue weighted by Crippen LogP contribution is -2.02. The van der Waals surface area contributed by atoms with Crippen LogP contribution in [0.4, 0.5) is 0 Å². The maximum atomic E-state index is 5.04. The van der Waals surface area contributed by atoms with E-state index in [2.05, 4.69) is 6.07 Å². The van der Waals surface area contributed by atoms with Gasteiger partial charge in [-0.3, -0.25) is 0 Å². The fourth-order valence-corrected chi connectivity index (χ4v) is 0.937. The summed E-state index contributed by atoms with van der Waals surface area (Å²) in [6.45, 7) is 0.652. The van der Waals surface area contributed by atoms with E-state index in [0.717, 1.165) is 0 Å². The first-order valence-corrected chi connectivity index (χ1v) is 2.90. The van der Waals surface area contributed by atoms with Gasteiger partial charge < -0.3 is 9.30 Å². The molecular formula is C7H7NO. The van der Waals surface area contributed by atoms with E-state index in [4.69, 9.17) is 4.74 Å². The number of ether oxygens (including phenoxy) is 1. The predicted octanol–water partition coefficient (Wildman–Crippen LogP) is 1.45. The van der Waals surface area contributed by atoms with E-state index in [-0.39, 0.29) is 0 Å². The highest BCUT2D eigenvalue weighted by atomic mass is 16.5. The number of fused-ring (bicyclic) bond motifs is 1. The quantitative estimate of drug-likeness (QED) is 0.506. The van der Waals surface area contributed by atoms with Crippen LogP contribution in [0.15, 0.2) is 24.6 Å². The van der Waals surface area contributed by atoms with Crippen LogP contribution in [-0.2, 0) is 11.5 Å². The molecule has 1 aliphatic rings. The van der Waals surface area contributed by atoms with Crippen molar-refractivity contribution in [3.63, 3.8) is 0 Å². The van der Waals surface area contributed by atoms with Gasteiger partial charge in [-0.1, -0.05) is 0 Å². The zero-order chi connectivity index (χ0) is 6.10. The van der Waals surface area contributed by atoms with Gasteiger partial charge in [-0.05, 0) is 18.2 Å². The Balaban J connectivity index is 2.53. The van der Waals surface area contributed by atoms with E-state index in [9.17, 15) is 0 Å². The van der Waals surface area contributed by atoms with Crippen LogP contribution in [0.25, 0.3) is 6.08 Å². The second-order valence-corrected chi connectivity index (χ2v) is 2.00. The molecule has 0 aliphatic carbocycles. The Labute approximate surface area is 53.4 Å². The monoisotopic (exact) mass is 121 g/mol. The van der Waals surface area contributed by atoms with Crippen LogP contribution in [-0.4, -0.2) is 4.57 Å². The van der Waals surface area contributed by atoms with Crippen LogP contribution < -0.4 is 0 Å². The van der Waals surface area contributed by atoms with Gasteiger partial charge in [0.05, 0.1) is 6.26 Å². The van der Waals surface area contributed by atoms with E-state index < -0.39 is 0 Å². The average Bonchev–Trinajstić information content (AvgIpc) is 2.33. The highest BCUT2D eigenvalue weighted by Gasteiger charge is 1.98. The Morgan fingerprint density at radius 3 is 3.44 bits per heavy atom. The molecule has 0 radical (unpaired) electrons. The van der Waals surface area contributed by atoms with Gasteiger partial charge in [0.15, 0.2) is 6.73 Å². The van der Waals surface area contributed by atoms with Gasteiger partial charge in [-0.25, -0.2) is 0 Å². The Bertz CT molecular complexity index is 237. The highest BCUT2D eigenvalue weighted by Crippen LogP contribution is 2.09. The smallest absolute Gasteiger partial charge is 0.164 e. The SMILES string of the molecule is C1=Cc2cccn2CO1. The summed E-state index contributed by atoms with van der Waals surface area (Å²) in [4.78, 5) is 0. The topological polar surface area (TPSA) is 14.2 Å². The van der Waals surface area contributed by atoms with Crippen molar-refractivity contribution >= 4 is 6.08 Å². The second-order valence-electron chi connectivity index (χ2n) is 2.00. The average molecular weight is 121 g/mol. The van der Waals surface area contributed by atoms with Gasteiger partial charge in [0.1, 0.15) is 0 Å². The summed E-state index contributed by atoms with van der Waals surface area (Å²) in [6, 6.07) is 4.06. The minimum atomic E-state index is 0.652. The molecular weight excluding hydrogens is 114 g/mol. The molecule has 9 heavy (non-hydrogen) atoms. The number of aromatic nitrogens is 1. The first kappa shape index (κ1) is 4.68. The fraction of sp³-hybridized carbons (Fsp3) is 0.143. The van der Waals surface area contributed by atoms with Crippen LogP contribution in [0.5, 0.6) is 0 Å². The normalized spacial score (nSPS) is 14.7. The third kappa shape index (κ3) is 0.633.